The first-order chi connectivity index (χ1) is 8.47. The van der Waals surface area contributed by atoms with Crippen LogP contribution in [0, 0.1) is 21.4 Å². The zero-order valence-corrected chi connectivity index (χ0v) is 9.16. The van der Waals surface area contributed by atoms with Crippen LogP contribution in [0.5, 0.6) is 0 Å². The number of benzene rings is 1. The standard InChI is InChI=1S/C10H10N4O4/c11-4-6-2-1-3-7(9(6)14(17)18)13-5-8(15)10(12)16/h1-3,8,13,15H,5H2,(H2,12,16). The third-order valence-electron chi connectivity index (χ3n) is 2.15. The van der Waals surface area contributed by atoms with Crippen LogP contribution in [0.3, 0.4) is 0 Å². The van der Waals surface area contributed by atoms with Crippen LogP contribution >= 0.6 is 0 Å². The number of nitrogens with zero attached hydrogens (tertiary/aromatic N) is 2. The third-order valence-corrected chi connectivity index (χ3v) is 2.15. The topological polar surface area (TPSA) is 142 Å². The summed E-state index contributed by atoms with van der Waals surface area (Å²) in [5, 5.41) is 31.3. The number of carbonyl (C=O) groups excluding carboxylic acids is 1. The zero-order valence-electron chi connectivity index (χ0n) is 9.16. The van der Waals surface area contributed by atoms with Gasteiger partial charge >= 0.3 is 5.69 Å². The number of nitrogens with two attached hydrogens (primary N) is 1. The number of para-hydroxylation sites is 1. The Hall–Kier alpha value is -2.66. The van der Waals surface area contributed by atoms with E-state index in [4.69, 9.17) is 11.0 Å². The number of hydrogen-bond acceptors (Lipinski definition) is 6. The summed E-state index contributed by atoms with van der Waals surface area (Å²) in [6.45, 7) is -0.273. The van der Waals surface area contributed by atoms with Crippen molar-refractivity contribution in [3.05, 3.63) is 33.9 Å². The minimum absolute atomic E-state index is 0.0411. The van der Waals surface area contributed by atoms with E-state index < -0.39 is 22.6 Å². The molecule has 0 aromatic heterocycles. The Morgan fingerprint density at radius 1 is 1.67 bits per heavy atom. The monoisotopic (exact) mass is 250 g/mol. The average Bonchev–Trinajstić information content (AvgIpc) is 2.34. The highest BCUT2D eigenvalue weighted by Crippen LogP contribution is 2.27. The van der Waals surface area contributed by atoms with Gasteiger partial charge in [0.25, 0.3) is 0 Å². The summed E-state index contributed by atoms with van der Waals surface area (Å²) in [5.41, 5.74) is 4.36. The molecule has 4 N–H and O–H groups in total. The molecule has 0 aliphatic heterocycles. The molecule has 1 amide bonds. The van der Waals surface area contributed by atoms with Gasteiger partial charge in [-0.15, -0.1) is 0 Å². The molecule has 0 aliphatic rings. The molecule has 0 fully saturated rings. The highest BCUT2D eigenvalue weighted by atomic mass is 16.6. The van der Waals surface area contributed by atoms with E-state index in [9.17, 15) is 20.0 Å². The number of aliphatic hydroxyl groups is 1. The largest absolute Gasteiger partial charge is 0.381 e. The summed E-state index contributed by atoms with van der Waals surface area (Å²) in [7, 11) is 0. The molecule has 94 valence electrons. The second kappa shape index (κ2) is 5.60. The third kappa shape index (κ3) is 2.93. The molecule has 18 heavy (non-hydrogen) atoms. The molecule has 8 heteroatoms. The number of nitro benzene ring substituents is 1. The molecule has 0 bridgehead atoms. The van der Waals surface area contributed by atoms with E-state index in [2.05, 4.69) is 5.32 Å². The van der Waals surface area contributed by atoms with Crippen LogP contribution in [0.1, 0.15) is 5.56 Å². The van der Waals surface area contributed by atoms with Gasteiger partial charge in [0.05, 0.1) is 11.5 Å². The van der Waals surface area contributed by atoms with E-state index in [0.717, 1.165) is 0 Å². The van der Waals surface area contributed by atoms with Crippen LogP contribution in [-0.4, -0.2) is 28.6 Å². The Kier molecular flexibility index (Phi) is 4.17. The molecular formula is C10H10N4O4. The first-order valence-corrected chi connectivity index (χ1v) is 4.86. The number of anilines is 1. The van der Waals surface area contributed by atoms with Gasteiger partial charge in [-0.2, -0.15) is 5.26 Å². The van der Waals surface area contributed by atoms with Gasteiger partial charge in [-0.25, -0.2) is 0 Å². The van der Waals surface area contributed by atoms with Gasteiger partial charge in [0, 0.05) is 0 Å². The number of nitriles is 1. The minimum Gasteiger partial charge on any atom is -0.381 e. The van der Waals surface area contributed by atoms with E-state index in [-0.39, 0.29) is 17.8 Å². The lowest BCUT2D eigenvalue weighted by molar-refractivity contribution is -0.384. The van der Waals surface area contributed by atoms with Gasteiger partial charge in [0.1, 0.15) is 23.4 Å². The van der Waals surface area contributed by atoms with E-state index >= 15 is 0 Å². The molecule has 8 nitrogen and oxygen atoms in total. The van der Waals surface area contributed by atoms with Gasteiger partial charge < -0.3 is 16.2 Å². The number of primary amides is 1. The van der Waals surface area contributed by atoms with Crippen molar-refractivity contribution >= 4 is 17.3 Å². The predicted octanol–water partition coefficient (Wildman–Crippen LogP) is -0.275. The molecule has 1 aromatic rings. The Labute approximate surface area is 102 Å². The van der Waals surface area contributed by atoms with Crippen molar-refractivity contribution in [3.8, 4) is 6.07 Å². The molecule has 1 unspecified atom stereocenters. The second-order valence-electron chi connectivity index (χ2n) is 3.37. The van der Waals surface area contributed by atoms with Gasteiger partial charge in [0.15, 0.2) is 0 Å². The van der Waals surface area contributed by atoms with E-state index in [1.165, 1.54) is 18.2 Å². The normalized spacial score (nSPS) is 11.3. The molecule has 0 radical (unpaired) electrons. The zero-order chi connectivity index (χ0) is 13.7. The number of carbonyl (C=O) groups is 1. The molecule has 0 spiro atoms. The van der Waals surface area contributed by atoms with Crippen LogP contribution in [0.4, 0.5) is 11.4 Å². The fourth-order valence-corrected chi connectivity index (χ4v) is 1.28. The maximum absolute atomic E-state index is 10.8. The number of nitro groups is 1. The first kappa shape index (κ1) is 13.4. The van der Waals surface area contributed by atoms with Gasteiger partial charge in [-0.05, 0) is 12.1 Å². The summed E-state index contributed by atoms with van der Waals surface area (Å²) < 4.78 is 0. The molecule has 1 aromatic carbocycles. The summed E-state index contributed by atoms with van der Waals surface area (Å²) in [6.07, 6.45) is -1.46. The summed E-state index contributed by atoms with van der Waals surface area (Å²) in [4.78, 5) is 20.7. The van der Waals surface area contributed by atoms with E-state index in [1.807, 2.05) is 0 Å². The second-order valence-corrected chi connectivity index (χ2v) is 3.37. The molecule has 0 heterocycles. The summed E-state index contributed by atoms with van der Waals surface area (Å²) >= 11 is 0. The highest BCUT2D eigenvalue weighted by molar-refractivity contribution is 5.79. The van der Waals surface area contributed by atoms with Crippen LogP contribution in [0.15, 0.2) is 18.2 Å². The van der Waals surface area contributed by atoms with Crippen molar-refractivity contribution in [2.45, 2.75) is 6.10 Å². The average molecular weight is 250 g/mol. The van der Waals surface area contributed by atoms with Crippen LogP contribution in [0.2, 0.25) is 0 Å². The SMILES string of the molecule is N#Cc1cccc(NCC(O)C(N)=O)c1[N+](=O)[O-]. The molecule has 0 saturated carbocycles. The Morgan fingerprint density at radius 2 is 2.33 bits per heavy atom. The van der Waals surface area contributed by atoms with Gasteiger partial charge in [-0.1, -0.05) is 6.07 Å². The summed E-state index contributed by atoms with van der Waals surface area (Å²) in [5.74, 6) is -0.943. The Balaban J connectivity index is 2.99. The fraction of sp³-hybridized carbons (Fsp3) is 0.200. The number of aliphatic hydroxyl groups excluding tert-OH is 1. The minimum atomic E-state index is -1.46. The van der Waals surface area contributed by atoms with Crippen LogP contribution in [-0.2, 0) is 4.79 Å². The maximum Gasteiger partial charge on any atom is 0.309 e. The lowest BCUT2D eigenvalue weighted by Gasteiger charge is -2.10. The van der Waals surface area contributed by atoms with Crippen molar-refractivity contribution in [1.29, 1.82) is 5.26 Å². The first-order valence-electron chi connectivity index (χ1n) is 4.86. The maximum atomic E-state index is 10.8. The van der Waals surface area contributed by atoms with Crippen molar-refractivity contribution in [2.24, 2.45) is 5.73 Å². The number of nitrogens with one attached hydrogen (secondary N) is 1. The van der Waals surface area contributed by atoms with Crippen LogP contribution < -0.4 is 11.1 Å². The fourth-order valence-electron chi connectivity index (χ4n) is 1.28. The molecule has 0 aliphatic carbocycles. The smallest absolute Gasteiger partial charge is 0.309 e. The molecule has 1 rings (SSSR count). The number of rotatable bonds is 5. The highest BCUT2D eigenvalue weighted by Gasteiger charge is 2.20. The number of hydrogen-bond donors (Lipinski definition) is 3. The van der Waals surface area contributed by atoms with Gasteiger partial charge in [0.2, 0.25) is 5.91 Å². The van der Waals surface area contributed by atoms with Crippen molar-refractivity contribution in [3.63, 3.8) is 0 Å². The van der Waals surface area contributed by atoms with Crippen LogP contribution in [0.25, 0.3) is 0 Å². The summed E-state index contributed by atoms with van der Waals surface area (Å²) in [6, 6.07) is 5.81. The van der Waals surface area contributed by atoms with Crippen molar-refractivity contribution in [1.82, 2.24) is 0 Å². The molecular weight excluding hydrogens is 240 g/mol. The molecule has 1 atom stereocenters. The van der Waals surface area contributed by atoms with Crippen molar-refractivity contribution < 1.29 is 14.8 Å². The van der Waals surface area contributed by atoms with Crippen molar-refractivity contribution in [2.75, 3.05) is 11.9 Å². The lowest BCUT2D eigenvalue weighted by Crippen LogP contribution is -2.34. The number of amides is 1. The predicted molar refractivity (Wildman–Crippen MR) is 61.5 cm³/mol. The van der Waals surface area contributed by atoms with Gasteiger partial charge in [-0.3, -0.25) is 14.9 Å². The van der Waals surface area contributed by atoms with E-state index in [0.29, 0.717) is 0 Å². The van der Waals surface area contributed by atoms with E-state index in [1.54, 1.807) is 6.07 Å². The quantitative estimate of drug-likeness (QED) is 0.484. The molecule has 0 saturated heterocycles. The Bertz CT molecular complexity index is 523. The Morgan fingerprint density at radius 3 is 2.83 bits per heavy atom. The lowest BCUT2D eigenvalue weighted by atomic mass is 10.1.